The van der Waals surface area contributed by atoms with Crippen molar-refractivity contribution in [1.82, 2.24) is 5.43 Å². The fraction of sp³-hybridized carbons (Fsp3) is 0.300. The first kappa shape index (κ1) is 18.5. The average molecular weight is 340 g/mol. The van der Waals surface area contributed by atoms with E-state index in [2.05, 4.69) is 30.4 Å². The van der Waals surface area contributed by atoms with Crippen molar-refractivity contribution in [2.75, 3.05) is 13.7 Å². The van der Waals surface area contributed by atoms with Gasteiger partial charge in [-0.1, -0.05) is 38.1 Å². The van der Waals surface area contributed by atoms with E-state index in [1.807, 2.05) is 43.3 Å². The summed E-state index contributed by atoms with van der Waals surface area (Å²) in [4.78, 5) is 11.9. The first-order valence-corrected chi connectivity index (χ1v) is 8.19. The van der Waals surface area contributed by atoms with Crippen LogP contribution in [0.25, 0.3) is 0 Å². The number of nitrogens with zero attached hydrogens (tertiary/aromatic N) is 1. The lowest BCUT2D eigenvalue weighted by Crippen LogP contribution is -2.24. The molecule has 0 bridgehead atoms. The zero-order valence-electron chi connectivity index (χ0n) is 15.1. The summed E-state index contributed by atoms with van der Waals surface area (Å²) in [6.45, 7) is 6.11. The molecule has 0 radical (unpaired) electrons. The predicted molar refractivity (Wildman–Crippen MR) is 99.5 cm³/mol. The molecule has 0 spiro atoms. The van der Waals surface area contributed by atoms with Crippen molar-refractivity contribution in [1.29, 1.82) is 0 Å². The van der Waals surface area contributed by atoms with Gasteiger partial charge in [-0.2, -0.15) is 5.10 Å². The van der Waals surface area contributed by atoms with Crippen molar-refractivity contribution in [2.45, 2.75) is 26.7 Å². The monoisotopic (exact) mass is 340 g/mol. The highest BCUT2D eigenvalue weighted by Gasteiger charge is 2.07. The largest absolute Gasteiger partial charge is 0.497 e. The molecule has 0 unspecified atom stereocenters. The third-order valence-corrected chi connectivity index (χ3v) is 3.73. The van der Waals surface area contributed by atoms with Gasteiger partial charge >= 0.3 is 0 Å². The SMILES string of the molecule is COc1cccc(/C=N/NC(=O)COc2cc(C(C)C)ccc2C)c1. The van der Waals surface area contributed by atoms with Crippen LogP contribution in [-0.2, 0) is 4.79 Å². The van der Waals surface area contributed by atoms with Crippen LogP contribution in [0, 0.1) is 6.92 Å². The second-order valence-corrected chi connectivity index (χ2v) is 6.04. The Morgan fingerprint density at radius 3 is 2.76 bits per heavy atom. The summed E-state index contributed by atoms with van der Waals surface area (Å²) in [6, 6.07) is 13.5. The molecule has 0 aliphatic rings. The first-order valence-electron chi connectivity index (χ1n) is 8.19. The normalized spacial score (nSPS) is 10.9. The highest BCUT2D eigenvalue weighted by atomic mass is 16.5. The maximum Gasteiger partial charge on any atom is 0.277 e. The number of rotatable bonds is 7. The van der Waals surface area contributed by atoms with Crippen molar-refractivity contribution < 1.29 is 14.3 Å². The Labute approximate surface area is 148 Å². The first-order chi connectivity index (χ1) is 12.0. The zero-order chi connectivity index (χ0) is 18.2. The number of carbonyl (C=O) groups is 1. The minimum atomic E-state index is -0.312. The standard InChI is InChI=1S/C20H24N2O3/c1-14(2)17-9-8-15(3)19(11-17)25-13-20(23)22-21-12-16-6-5-7-18(10-16)24-4/h5-12,14H,13H2,1-4H3,(H,22,23)/b21-12+. The fourth-order valence-corrected chi connectivity index (χ4v) is 2.21. The summed E-state index contributed by atoms with van der Waals surface area (Å²) in [5.41, 5.74) is 5.47. The second-order valence-electron chi connectivity index (χ2n) is 6.04. The highest BCUT2D eigenvalue weighted by molar-refractivity contribution is 5.83. The molecule has 2 rings (SSSR count). The minimum absolute atomic E-state index is 0.0855. The number of methoxy groups -OCH3 is 1. The van der Waals surface area contributed by atoms with Crippen LogP contribution in [0.4, 0.5) is 0 Å². The van der Waals surface area contributed by atoms with E-state index in [-0.39, 0.29) is 12.5 Å². The van der Waals surface area contributed by atoms with Crippen LogP contribution in [0.2, 0.25) is 0 Å². The lowest BCUT2D eigenvalue weighted by Gasteiger charge is -2.12. The number of carbonyl (C=O) groups excluding carboxylic acids is 1. The molecule has 132 valence electrons. The number of nitrogens with one attached hydrogen (secondary N) is 1. The van der Waals surface area contributed by atoms with Crippen LogP contribution in [0.1, 0.15) is 36.5 Å². The van der Waals surface area contributed by atoms with Crippen LogP contribution in [0.15, 0.2) is 47.6 Å². The molecule has 1 N–H and O–H groups in total. The van der Waals surface area contributed by atoms with Gasteiger partial charge in [0.1, 0.15) is 11.5 Å². The van der Waals surface area contributed by atoms with E-state index in [1.54, 1.807) is 13.3 Å². The van der Waals surface area contributed by atoms with E-state index < -0.39 is 0 Å². The van der Waals surface area contributed by atoms with Crippen molar-refractivity contribution in [3.8, 4) is 11.5 Å². The predicted octanol–water partition coefficient (Wildman–Crippen LogP) is 3.66. The summed E-state index contributed by atoms with van der Waals surface area (Å²) in [5, 5.41) is 3.94. The van der Waals surface area contributed by atoms with Gasteiger partial charge in [0.05, 0.1) is 13.3 Å². The molecule has 0 aliphatic carbocycles. The third-order valence-electron chi connectivity index (χ3n) is 3.73. The molecular formula is C20H24N2O3. The summed E-state index contributed by atoms with van der Waals surface area (Å²) in [7, 11) is 1.60. The molecule has 25 heavy (non-hydrogen) atoms. The van der Waals surface area contributed by atoms with E-state index in [0.29, 0.717) is 5.92 Å². The molecule has 0 aromatic heterocycles. The molecule has 0 heterocycles. The molecule has 2 aromatic carbocycles. The lowest BCUT2D eigenvalue weighted by atomic mass is 10.0. The van der Waals surface area contributed by atoms with Gasteiger partial charge in [-0.05, 0) is 47.7 Å². The van der Waals surface area contributed by atoms with Gasteiger partial charge in [0.2, 0.25) is 0 Å². The molecule has 2 aromatic rings. The Kier molecular flexibility index (Phi) is 6.57. The number of aryl methyl sites for hydroxylation is 1. The molecule has 0 aliphatic heterocycles. The fourth-order valence-electron chi connectivity index (χ4n) is 2.21. The number of ether oxygens (including phenoxy) is 2. The number of hydrogen-bond acceptors (Lipinski definition) is 4. The van der Waals surface area contributed by atoms with Crippen LogP contribution in [0.3, 0.4) is 0 Å². The Morgan fingerprint density at radius 1 is 1.24 bits per heavy atom. The Balaban J connectivity index is 1.88. The molecular weight excluding hydrogens is 316 g/mol. The maximum atomic E-state index is 11.9. The lowest BCUT2D eigenvalue weighted by molar-refractivity contribution is -0.123. The van der Waals surface area contributed by atoms with Gasteiger partial charge < -0.3 is 9.47 Å². The number of hydrazone groups is 1. The van der Waals surface area contributed by atoms with Gasteiger partial charge in [0, 0.05) is 0 Å². The van der Waals surface area contributed by atoms with E-state index in [9.17, 15) is 4.79 Å². The van der Waals surface area contributed by atoms with E-state index in [1.165, 1.54) is 5.56 Å². The quantitative estimate of drug-likeness (QED) is 0.618. The molecule has 0 fully saturated rings. The number of amides is 1. The Bertz CT molecular complexity index is 754. The second kappa shape index (κ2) is 8.87. The molecule has 0 atom stereocenters. The smallest absolute Gasteiger partial charge is 0.277 e. The van der Waals surface area contributed by atoms with Gasteiger partial charge in [-0.3, -0.25) is 4.79 Å². The number of hydrogen-bond donors (Lipinski definition) is 1. The molecule has 5 nitrogen and oxygen atoms in total. The van der Waals surface area contributed by atoms with Gasteiger partial charge in [0.25, 0.3) is 5.91 Å². The zero-order valence-corrected chi connectivity index (χ0v) is 15.1. The van der Waals surface area contributed by atoms with Crippen molar-refractivity contribution in [2.24, 2.45) is 5.10 Å². The molecule has 0 saturated carbocycles. The van der Waals surface area contributed by atoms with Crippen LogP contribution >= 0.6 is 0 Å². The van der Waals surface area contributed by atoms with E-state index >= 15 is 0 Å². The van der Waals surface area contributed by atoms with Crippen molar-refractivity contribution in [3.05, 3.63) is 59.2 Å². The van der Waals surface area contributed by atoms with Gasteiger partial charge in [-0.15, -0.1) is 0 Å². The maximum absolute atomic E-state index is 11.9. The van der Waals surface area contributed by atoms with Gasteiger partial charge in [-0.25, -0.2) is 5.43 Å². The van der Waals surface area contributed by atoms with E-state index in [4.69, 9.17) is 9.47 Å². The van der Waals surface area contributed by atoms with E-state index in [0.717, 1.165) is 22.6 Å². The summed E-state index contributed by atoms with van der Waals surface area (Å²) in [5.74, 6) is 1.55. The van der Waals surface area contributed by atoms with Crippen LogP contribution < -0.4 is 14.9 Å². The van der Waals surface area contributed by atoms with Crippen LogP contribution in [-0.4, -0.2) is 25.8 Å². The Morgan fingerprint density at radius 2 is 2.04 bits per heavy atom. The summed E-state index contributed by atoms with van der Waals surface area (Å²) < 4.78 is 10.8. The molecule has 5 heteroatoms. The molecule has 0 saturated heterocycles. The van der Waals surface area contributed by atoms with Crippen molar-refractivity contribution >= 4 is 12.1 Å². The Hall–Kier alpha value is -2.82. The van der Waals surface area contributed by atoms with Crippen molar-refractivity contribution in [3.63, 3.8) is 0 Å². The molecule has 1 amide bonds. The van der Waals surface area contributed by atoms with Crippen LogP contribution in [0.5, 0.6) is 11.5 Å². The number of benzene rings is 2. The summed E-state index contributed by atoms with van der Waals surface area (Å²) in [6.07, 6.45) is 1.56. The minimum Gasteiger partial charge on any atom is -0.497 e. The topological polar surface area (TPSA) is 59.9 Å². The van der Waals surface area contributed by atoms with Gasteiger partial charge in [0.15, 0.2) is 6.61 Å². The summed E-state index contributed by atoms with van der Waals surface area (Å²) >= 11 is 0. The average Bonchev–Trinajstić information content (AvgIpc) is 2.61. The third kappa shape index (κ3) is 5.64. The highest BCUT2D eigenvalue weighted by Crippen LogP contribution is 2.24.